The molecule has 14 heavy (non-hydrogen) atoms. The first-order valence-electron chi connectivity index (χ1n) is 3.92. The summed E-state index contributed by atoms with van der Waals surface area (Å²) < 4.78 is 0. The Hall–Kier alpha value is -1.68. The molecule has 0 spiro atoms. The van der Waals surface area contributed by atoms with Crippen LogP contribution in [0.15, 0.2) is 47.3 Å². The van der Waals surface area contributed by atoms with Crippen LogP contribution >= 0.6 is 11.3 Å². The van der Waals surface area contributed by atoms with Crippen molar-refractivity contribution in [2.75, 3.05) is 0 Å². The Morgan fingerprint density at radius 2 is 1.93 bits per heavy atom. The highest BCUT2D eigenvalue weighted by Gasteiger charge is 1.98. The number of hydrogen-bond acceptors (Lipinski definition) is 3. The van der Waals surface area contributed by atoms with E-state index in [4.69, 9.17) is 5.11 Å². The SMILES string of the molecule is O=C(O)c1ccccn1.c1ccsc1. The lowest BCUT2D eigenvalue weighted by Crippen LogP contribution is -1.97. The van der Waals surface area contributed by atoms with Gasteiger partial charge in [-0.15, -0.1) is 0 Å². The normalized spacial score (nSPS) is 8.57. The molecule has 2 aromatic rings. The second-order valence-corrected chi connectivity index (χ2v) is 3.13. The monoisotopic (exact) mass is 207 g/mol. The summed E-state index contributed by atoms with van der Waals surface area (Å²) in [5.74, 6) is -0.990. The fourth-order valence-corrected chi connectivity index (χ4v) is 1.17. The number of thiophene rings is 1. The molecule has 0 saturated heterocycles. The molecule has 72 valence electrons. The smallest absolute Gasteiger partial charge is 0.354 e. The maximum atomic E-state index is 10.1. The Morgan fingerprint density at radius 3 is 2.21 bits per heavy atom. The van der Waals surface area contributed by atoms with Crippen molar-refractivity contribution < 1.29 is 9.90 Å². The molecule has 0 aromatic carbocycles. The van der Waals surface area contributed by atoms with Crippen LogP contribution in [0.2, 0.25) is 0 Å². The molecule has 2 heterocycles. The van der Waals surface area contributed by atoms with E-state index in [0.717, 1.165) is 0 Å². The Bertz CT molecular complexity index is 342. The van der Waals surface area contributed by atoms with Crippen molar-refractivity contribution in [2.45, 2.75) is 0 Å². The van der Waals surface area contributed by atoms with Crippen molar-refractivity contribution in [2.24, 2.45) is 0 Å². The van der Waals surface area contributed by atoms with E-state index in [1.54, 1.807) is 23.5 Å². The van der Waals surface area contributed by atoms with Gasteiger partial charge in [-0.3, -0.25) is 0 Å². The fourth-order valence-electron chi connectivity index (χ4n) is 0.716. The molecule has 2 aromatic heterocycles. The zero-order valence-electron chi connectivity index (χ0n) is 7.33. The van der Waals surface area contributed by atoms with Gasteiger partial charge in [-0.2, -0.15) is 11.3 Å². The van der Waals surface area contributed by atoms with Crippen LogP contribution < -0.4 is 0 Å². The topological polar surface area (TPSA) is 50.2 Å². The minimum atomic E-state index is -0.990. The van der Waals surface area contributed by atoms with Gasteiger partial charge < -0.3 is 5.11 Å². The minimum absolute atomic E-state index is 0.0810. The molecule has 0 fully saturated rings. The highest BCUT2D eigenvalue weighted by molar-refractivity contribution is 7.07. The predicted octanol–water partition coefficient (Wildman–Crippen LogP) is 2.53. The van der Waals surface area contributed by atoms with Gasteiger partial charge in [-0.05, 0) is 22.9 Å². The van der Waals surface area contributed by atoms with E-state index in [-0.39, 0.29) is 5.69 Å². The first kappa shape index (κ1) is 10.4. The van der Waals surface area contributed by atoms with E-state index < -0.39 is 5.97 Å². The second-order valence-electron chi connectivity index (χ2n) is 2.31. The van der Waals surface area contributed by atoms with Crippen LogP contribution in [-0.4, -0.2) is 16.1 Å². The molecular weight excluding hydrogens is 198 g/mol. The Kier molecular flexibility index (Phi) is 4.37. The van der Waals surface area contributed by atoms with Gasteiger partial charge in [0.2, 0.25) is 0 Å². The first-order valence-corrected chi connectivity index (χ1v) is 4.86. The van der Waals surface area contributed by atoms with Gasteiger partial charge in [0.05, 0.1) is 0 Å². The van der Waals surface area contributed by atoms with Gasteiger partial charge in [0.25, 0.3) is 0 Å². The molecule has 0 aliphatic heterocycles. The third kappa shape index (κ3) is 3.82. The van der Waals surface area contributed by atoms with E-state index in [1.165, 1.54) is 12.3 Å². The average molecular weight is 207 g/mol. The molecular formula is C10H9NO2S. The molecule has 4 heteroatoms. The number of rotatable bonds is 1. The predicted molar refractivity (Wildman–Crippen MR) is 55.5 cm³/mol. The van der Waals surface area contributed by atoms with Crippen LogP contribution in [0.5, 0.6) is 0 Å². The van der Waals surface area contributed by atoms with Crippen molar-refractivity contribution >= 4 is 17.3 Å². The molecule has 0 bridgehead atoms. The summed E-state index contributed by atoms with van der Waals surface area (Å²) in [6, 6.07) is 8.79. The Morgan fingerprint density at radius 1 is 1.21 bits per heavy atom. The molecule has 0 aliphatic rings. The number of carboxylic acid groups (broad SMARTS) is 1. The van der Waals surface area contributed by atoms with E-state index in [0.29, 0.717) is 0 Å². The van der Waals surface area contributed by atoms with Gasteiger partial charge in [0.1, 0.15) is 5.69 Å². The number of aromatic carboxylic acids is 1. The van der Waals surface area contributed by atoms with Gasteiger partial charge in [-0.25, -0.2) is 9.78 Å². The summed E-state index contributed by atoms with van der Waals surface area (Å²) in [5.41, 5.74) is 0.0810. The lowest BCUT2D eigenvalue weighted by atomic mass is 10.4. The van der Waals surface area contributed by atoms with E-state index in [9.17, 15) is 4.79 Å². The molecule has 0 amide bonds. The van der Waals surface area contributed by atoms with Gasteiger partial charge >= 0.3 is 5.97 Å². The van der Waals surface area contributed by atoms with Crippen LogP contribution in [-0.2, 0) is 0 Å². The number of pyridine rings is 1. The molecule has 2 rings (SSSR count). The second kappa shape index (κ2) is 5.88. The highest BCUT2D eigenvalue weighted by Crippen LogP contribution is 1.91. The molecule has 0 atom stereocenters. The molecule has 0 unspecified atom stereocenters. The highest BCUT2D eigenvalue weighted by atomic mass is 32.1. The van der Waals surface area contributed by atoms with Crippen LogP contribution in [0.3, 0.4) is 0 Å². The van der Waals surface area contributed by atoms with Gasteiger partial charge in [0, 0.05) is 6.20 Å². The zero-order valence-corrected chi connectivity index (χ0v) is 8.15. The lowest BCUT2D eigenvalue weighted by molar-refractivity contribution is 0.0690. The van der Waals surface area contributed by atoms with E-state index >= 15 is 0 Å². The number of hydrogen-bond donors (Lipinski definition) is 1. The molecule has 3 nitrogen and oxygen atoms in total. The maximum Gasteiger partial charge on any atom is 0.354 e. The number of nitrogens with zero attached hydrogens (tertiary/aromatic N) is 1. The zero-order chi connectivity index (χ0) is 10.2. The lowest BCUT2D eigenvalue weighted by Gasteiger charge is -1.87. The van der Waals surface area contributed by atoms with Gasteiger partial charge in [0.15, 0.2) is 0 Å². The van der Waals surface area contributed by atoms with Crippen LogP contribution in [0.4, 0.5) is 0 Å². The van der Waals surface area contributed by atoms with E-state index in [2.05, 4.69) is 4.98 Å². The largest absolute Gasteiger partial charge is 0.477 e. The summed E-state index contributed by atoms with van der Waals surface area (Å²) in [6.07, 6.45) is 1.45. The molecule has 0 saturated carbocycles. The summed E-state index contributed by atoms with van der Waals surface area (Å²) in [7, 11) is 0. The number of carbonyl (C=O) groups is 1. The van der Waals surface area contributed by atoms with Crippen molar-refractivity contribution in [1.82, 2.24) is 4.98 Å². The van der Waals surface area contributed by atoms with Gasteiger partial charge in [-0.1, -0.05) is 18.2 Å². The summed E-state index contributed by atoms with van der Waals surface area (Å²) in [5, 5.41) is 12.4. The van der Waals surface area contributed by atoms with Crippen LogP contribution in [0, 0.1) is 0 Å². The average Bonchev–Trinajstić information content (AvgIpc) is 2.77. The standard InChI is InChI=1S/C6H5NO2.C4H4S/c8-6(9)5-3-1-2-4-7-5;1-2-4-5-3-1/h1-4H,(H,8,9);1-4H. The Balaban J connectivity index is 0.000000165. The molecule has 1 N–H and O–H groups in total. The molecule has 0 aliphatic carbocycles. The van der Waals surface area contributed by atoms with Crippen molar-refractivity contribution in [3.8, 4) is 0 Å². The number of aromatic nitrogens is 1. The van der Waals surface area contributed by atoms with Crippen LogP contribution in [0.25, 0.3) is 0 Å². The van der Waals surface area contributed by atoms with Crippen molar-refractivity contribution in [3.05, 3.63) is 53.0 Å². The quantitative estimate of drug-likeness (QED) is 0.781. The third-order valence-electron chi connectivity index (χ3n) is 1.31. The van der Waals surface area contributed by atoms with E-state index in [1.807, 2.05) is 22.9 Å². The van der Waals surface area contributed by atoms with Crippen LogP contribution in [0.1, 0.15) is 10.5 Å². The first-order chi connectivity index (χ1) is 6.80. The third-order valence-corrected chi connectivity index (χ3v) is 1.94. The van der Waals surface area contributed by atoms with Crippen molar-refractivity contribution in [3.63, 3.8) is 0 Å². The maximum absolute atomic E-state index is 10.1. The minimum Gasteiger partial charge on any atom is -0.477 e. The summed E-state index contributed by atoms with van der Waals surface area (Å²) >= 11 is 1.71. The summed E-state index contributed by atoms with van der Waals surface area (Å²) in [4.78, 5) is 13.7. The van der Waals surface area contributed by atoms with Crippen molar-refractivity contribution in [1.29, 1.82) is 0 Å². The number of carboxylic acids is 1. The fraction of sp³-hybridized carbons (Fsp3) is 0. The Labute approximate surface area is 85.7 Å². The summed E-state index contributed by atoms with van der Waals surface area (Å²) in [6.45, 7) is 0. The molecule has 0 radical (unpaired) electrons.